The van der Waals surface area contributed by atoms with Gasteiger partial charge in [0.15, 0.2) is 0 Å². The number of rotatable bonds is 4. The zero-order valence-corrected chi connectivity index (χ0v) is 10.7. The maximum absolute atomic E-state index is 11.9. The van der Waals surface area contributed by atoms with Gasteiger partial charge in [-0.3, -0.25) is 9.89 Å². The van der Waals surface area contributed by atoms with Gasteiger partial charge in [-0.1, -0.05) is 11.6 Å². The average Bonchev–Trinajstić information content (AvgIpc) is 2.73. The molecule has 0 unspecified atom stereocenters. The van der Waals surface area contributed by atoms with Gasteiger partial charge >= 0.3 is 0 Å². The first-order chi connectivity index (χ1) is 8.47. The molecular formula is C10H10ClN3O3S. The predicted octanol–water partition coefficient (Wildman–Crippen LogP) is 0.835. The largest absolute Gasteiger partial charge is 0.301 e. The van der Waals surface area contributed by atoms with Crippen molar-refractivity contribution < 1.29 is 8.42 Å². The van der Waals surface area contributed by atoms with E-state index in [1.54, 1.807) is 0 Å². The maximum atomic E-state index is 11.9. The summed E-state index contributed by atoms with van der Waals surface area (Å²) in [5.74, 6) is 0. The number of aromatic amines is 2. The number of sulfonamides is 1. The summed E-state index contributed by atoms with van der Waals surface area (Å²) in [7, 11) is -3.61. The lowest BCUT2D eigenvalue weighted by Crippen LogP contribution is -2.23. The lowest BCUT2D eigenvalue weighted by Gasteiger charge is -2.05. The van der Waals surface area contributed by atoms with Gasteiger partial charge in [-0.2, -0.15) is 0 Å². The van der Waals surface area contributed by atoms with E-state index in [1.807, 2.05) is 0 Å². The Morgan fingerprint density at radius 3 is 2.39 bits per heavy atom. The monoisotopic (exact) mass is 287 g/mol. The molecule has 1 heterocycles. The highest BCUT2D eigenvalue weighted by molar-refractivity contribution is 7.89. The fraction of sp³-hybridized carbons (Fsp3) is 0.100. The Morgan fingerprint density at radius 2 is 1.83 bits per heavy atom. The third-order valence-corrected chi connectivity index (χ3v) is 3.90. The molecular weight excluding hydrogens is 278 g/mol. The molecule has 0 fully saturated rings. The van der Waals surface area contributed by atoms with Crippen molar-refractivity contribution in [3.8, 4) is 0 Å². The fourth-order valence-corrected chi connectivity index (χ4v) is 2.47. The van der Waals surface area contributed by atoms with Crippen LogP contribution in [0, 0.1) is 0 Å². The number of halogens is 1. The highest BCUT2D eigenvalue weighted by Gasteiger charge is 2.13. The van der Waals surface area contributed by atoms with Crippen LogP contribution in [0.5, 0.6) is 0 Å². The molecule has 18 heavy (non-hydrogen) atoms. The standard InChI is InChI=1S/C10H10ClN3O3S/c11-7-1-3-9(4-2-7)18(16,17)12-6-8-5-10(15)14-13-8/h1-5,12H,6H2,(H2,13,14,15). The molecule has 1 aromatic carbocycles. The molecule has 0 saturated heterocycles. The molecule has 0 aliphatic heterocycles. The van der Waals surface area contributed by atoms with E-state index in [9.17, 15) is 13.2 Å². The first-order valence-corrected chi connectivity index (χ1v) is 6.85. The zero-order valence-electron chi connectivity index (χ0n) is 9.10. The lowest BCUT2D eigenvalue weighted by molar-refractivity contribution is 0.580. The molecule has 2 aromatic rings. The van der Waals surface area contributed by atoms with Crippen molar-refractivity contribution in [2.45, 2.75) is 11.4 Å². The summed E-state index contributed by atoms with van der Waals surface area (Å²) in [6.07, 6.45) is 0. The number of aromatic nitrogens is 2. The van der Waals surface area contributed by atoms with Gasteiger partial charge in [0.1, 0.15) is 0 Å². The van der Waals surface area contributed by atoms with Crippen LogP contribution in [0.4, 0.5) is 0 Å². The van der Waals surface area contributed by atoms with Crippen molar-refractivity contribution in [2.75, 3.05) is 0 Å². The molecule has 6 nitrogen and oxygen atoms in total. The van der Waals surface area contributed by atoms with Crippen molar-refractivity contribution in [3.63, 3.8) is 0 Å². The molecule has 0 aliphatic rings. The second kappa shape index (κ2) is 4.97. The molecule has 8 heteroatoms. The molecule has 0 saturated carbocycles. The summed E-state index contributed by atoms with van der Waals surface area (Å²) in [6.45, 7) is 0.00367. The summed E-state index contributed by atoms with van der Waals surface area (Å²) >= 11 is 5.68. The fourth-order valence-electron chi connectivity index (χ4n) is 1.34. The normalized spacial score (nSPS) is 11.6. The van der Waals surface area contributed by atoms with E-state index in [2.05, 4.69) is 14.9 Å². The third kappa shape index (κ3) is 3.00. The first kappa shape index (κ1) is 12.9. The molecule has 96 valence electrons. The number of hydrogen-bond donors (Lipinski definition) is 3. The number of H-pyrrole nitrogens is 2. The molecule has 0 amide bonds. The van der Waals surface area contributed by atoms with Gasteiger partial charge in [-0.15, -0.1) is 0 Å². The van der Waals surface area contributed by atoms with Crippen molar-refractivity contribution in [3.05, 3.63) is 51.4 Å². The van der Waals surface area contributed by atoms with Crippen LogP contribution in [0.15, 0.2) is 40.0 Å². The van der Waals surface area contributed by atoms with Gasteiger partial charge in [-0.25, -0.2) is 13.1 Å². The number of hydrogen-bond acceptors (Lipinski definition) is 3. The van der Waals surface area contributed by atoms with E-state index in [0.29, 0.717) is 10.7 Å². The average molecular weight is 288 g/mol. The Hall–Kier alpha value is -1.57. The van der Waals surface area contributed by atoms with E-state index in [1.165, 1.54) is 30.3 Å². The van der Waals surface area contributed by atoms with Crippen LogP contribution in [0.2, 0.25) is 5.02 Å². The predicted molar refractivity (Wildman–Crippen MR) is 66.9 cm³/mol. The second-order valence-electron chi connectivity index (χ2n) is 3.56. The van der Waals surface area contributed by atoms with Gasteiger partial charge in [0.25, 0.3) is 5.56 Å². The van der Waals surface area contributed by atoms with Gasteiger partial charge < -0.3 is 5.10 Å². The van der Waals surface area contributed by atoms with E-state index in [0.717, 1.165) is 0 Å². The van der Waals surface area contributed by atoms with Gasteiger partial charge in [0, 0.05) is 11.1 Å². The Labute approximate surface area is 108 Å². The SMILES string of the molecule is O=c1cc(CNS(=O)(=O)c2ccc(Cl)cc2)[nH][nH]1. The van der Waals surface area contributed by atoms with Crippen molar-refractivity contribution >= 4 is 21.6 Å². The lowest BCUT2D eigenvalue weighted by atomic mass is 10.4. The summed E-state index contributed by atoms with van der Waals surface area (Å²) in [5.41, 5.74) is 0.147. The second-order valence-corrected chi connectivity index (χ2v) is 5.77. The van der Waals surface area contributed by atoms with Crippen LogP contribution in [0.3, 0.4) is 0 Å². The Balaban J connectivity index is 2.12. The van der Waals surface area contributed by atoms with Crippen LogP contribution in [-0.2, 0) is 16.6 Å². The highest BCUT2D eigenvalue weighted by Crippen LogP contribution is 2.13. The topological polar surface area (TPSA) is 94.8 Å². The van der Waals surface area contributed by atoms with E-state index < -0.39 is 10.0 Å². The Morgan fingerprint density at radius 1 is 1.17 bits per heavy atom. The highest BCUT2D eigenvalue weighted by atomic mass is 35.5. The van der Waals surface area contributed by atoms with E-state index in [4.69, 9.17) is 11.6 Å². The molecule has 0 spiro atoms. The summed E-state index contributed by atoms with van der Waals surface area (Å²) in [5, 5.41) is 5.33. The Bertz CT molecular complexity index is 688. The molecule has 2 rings (SSSR count). The minimum absolute atomic E-state index is 0.00367. The summed E-state index contributed by atoms with van der Waals surface area (Å²) in [4.78, 5) is 11.0. The van der Waals surface area contributed by atoms with Crippen LogP contribution in [-0.4, -0.2) is 18.6 Å². The van der Waals surface area contributed by atoms with Gasteiger partial charge in [0.2, 0.25) is 10.0 Å². The third-order valence-electron chi connectivity index (χ3n) is 2.23. The molecule has 0 bridgehead atoms. The first-order valence-electron chi connectivity index (χ1n) is 4.99. The maximum Gasteiger partial charge on any atom is 0.264 e. The summed E-state index contributed by atoms with van der Waals surface area (Å²) in [6, 6.07) is 7.09. The molecule has 0 radical (unpaired) electrons. The minimum Gasteiger partial charge on any atom is -0.301 e. The number of nitrogens with one attached hydrogen (secondary N) is 3. The molecule has 3 N–H and O–H groups in total. The molecule has 0 aliphatic carbocycles. The number of benzene rings is 1. The quantitative estimate of drug-likeness (QED) is 0.777. The molecule has 1 aromatic heterocycles. The van der Waals surface area contributed by atoms with Crippen LogP contribution < -0.4 is 10.3 Å². The smallest absolute Gasteiger partial charge is 0.264 e. The van der Waals surface area contributed by atoms with Crippen LogP contribution >= 0.6 is 11.6 Å². The van der Waals surface area contributed by atoms with Gasteiger partial charge in [-0.05, 0) is 24.3 Å². The Kier molecular flexibility index (Phi) is 3.55. The van der Waals surface area contributed by atoms with Crippen molar-refractivity contribution in [1.29, 1.82) is 0 Å². The van der Waals surface area contributed by atoms with E-state index >= 15 is 0 Å². The molecule has 0 atom stereocenters. The van der Waals surface area contributed by atoms with E-state index in [-0.39, 0.29) is 17.0 Å². The summed E-state index contributed by atoms with van der Waals surface area (Å²) < 4.78 is 26.1. The minimum atomic E-state index is -3.61. The van der Waals surface area contributed by atoms with Crippen molar-refractivity contribution in [2.24, 2.45) is 0 Å². The van der Waals surface area contributed by atoms with Gasteiger partial charge in [0.05, 0.1) is 17.1 Å². The van der Waals surface area contributed by atoms with Crippen LogP contribution in [0.25, 0.3) is 0 Å². The zero-order chi connectivity index (χ0) is 13.2. The van der Waals surface area contributed by atoms with Crippen LogP contribution in [0.1, 0.15) is 5.69 Å². The van der Waals surface area contributed by atoms with Crippen molar-refractivity contribution in [1.82, 2.24) is 14.9 Å².